The van der Waals surface area contributed by atoms with Gasteiger partial charge >= 0.3 is 5.97 Å². The third kappa shape index (κ3) is 3.21. The molecule has 1 N–H and O–H groups in total. The Bertz CT molecular complexity index is 1170. The average Bonchev–Trinajstić information content (AvgIpc) is 3.14. The van der Waals surface area contributed by atoms with Crippen molar-refractivity contribution >= 4 is 68.8 Å². The third-order valence-corrected chi connectivity index (χ3v) is 6.12. The highest BCUT2D eigenvalue weighted by Gasteiger charge is 2.42. The summed E-state index contributed by atoms with van der Waals surface area (Å²) in [6.07, 6.45) is 0. The molecule has 2 aliphatic rings. The Morgan fingerprint density at radius 1 is 1.03 bits per heavy atom. The van der Waals surface area contributed by atoms with E-state index in [-0.39, 0.29) is 20.6 Å². The number of carbonyl (C=O) groups excluding carboxylic acids is 3. The first-order valence-corrected chi connectivity index (χ1v) is 10.1. The first-order valence-electron chi connectivity index (χ1n) is 8.84. The Balaban J connectivity index is 1.78. The molecule has 1 fully saturated rings. The van der Waals surface area contributed by atoms with E-state index in [9.17, 15) is 24.3 Å². The minimum absolute atomic E-state index is 0.0965. The number of thiocarbonyl (C=S) groups is 1. The molecule has 9 heteroatoms. The second kappa shape index (κ2) is 7.51. The largest absolute Gasteiger partial charge is 0.480 e. The summed E-state index contributed by atoms with van der Waals surface area (Å²) in [7, 11) is 0. The van der Waals surface area contributed by atoms with E-state index in [1.54, 1.807) is 48.5 Å². The van der Waals surface area contributed by atoms with E-state index in [4.69, 9.17) is 12.2 Å². The molecule has 0 saturated carbocycles. The zero-order valence-corrected chi connectivity index (χ0v) is 17.3. The number of carbonyl (C=O) groups is 4. The molecular weight excluding hydrogens is 424 g/mol. The SMILES string of the molecule is CC(=O)c1ccc(N2C(=O)C(=C3C(=O)N(CC(=O)O)c4ccccc43)SC2=S)cc1. The summed E-state index contributed by atoms with van der Waals surface area (Å²) in [5.41, 5.74) is 2.07. The number of fused-ring (bicyclic) bond motifs is 1. The minimum atomic E-state index is -1.16. The molecule has 4 rings (SSSR count). The van der Waals surface area contributed by atoms with Gasteiger partial charge in [0.2, 0.25) is 0 Å². The number of benzene rings is 2. The van der Waals surface area contributed by atoms with Crippen LogP contribution in [0.3, 0.4) is 0 Å². The number of hydrogen-bond acceptors (Lipinski definition) is 6. The van der Waals surface area contributed by atoms with Gasteiger partial charge in [-0.05, 0) is 37.3 Å². The molecule has 2 aliphatic heterocycles. The van der Waals surface area contributed by atoms with Crippen molar-refractivity contribution in [2.45, 2.75) is 6.92 Å². The summed E-state index contributed by atoms with van der Waals surface area (Å²) >= 11 is 6.38. The van der Waals surface area contributed by atoms with Crippen molar-refractivity contribution in [3.8, 4) is 0 Å². The highest BCUT2D eigenvalue weighted by atomic mass is 32.2. The van der Waals surface area contributed by atoms with Crippen LogP contribution in [0, 0.1) is 0 Å². The van der Waals surface area contributed by atoms with Crippen LogP contribution in [-0.2, 0) is 14.4 Å². The molecule has 0 atom stereocenters. The highest BCUT2D eigenvalue weighted by Crippen LogP contribution is 2.45. The second-order valence-corrected chi connectivity index (χ2v) is 8.26. The van der Waals surface area contributed by atoms with Gasteiger partial charge in [0.05, 0.1) is 21.9 Å². The zero-order valence-electron chi connectivity index (χ0n) is 15.6. The topological polar surface area (TPSA) is 95.0 Å². The third-order valence-electron chi connectivity index (χ3n) is 4.74. The van der Waals surface area contributed by atoms with Gasteiger partial charge in [0.25, 0.3) is 11.8 Å². The van der Waals surface area contributed by atoms with Crippen molar-refractivity contribution in [3.05, 3.63) is 64.6 Å². The fourth-order valence-corrected chi connectivity index (χ4v) is 4.75. The monoisotopic (exact) mass is 438 g/mol. The molecule has 0 spiro atoms. The maximum Gasteiger partial charge on any atom is 0.323 e. The lowest BCUT2D eigenvalue weighted by Gasteiger charge is -2.15. The van der Waals surface area contributed by atoms with Crippen molar-refractivity contribution in [2.24, 2.45) is 0 Å². The maximum atomic E-state index is 13.2. The van der Waals surface area contributed by atoms with Crippen LogP contribution < -0.4 is 9.80 Å². The standard InChI is InChI=1S/C21H14N2O5S2/c1-11(24)12-6-8-13(9-7-12)23-20(28)18(30-21(23)29)17-14-4-2-3-5-15(14)22(19(17)27)10-16(25)26/h2-9H,10H2,1H3,(H,25,26). The molecule has 2 aromatic rings. The zero-order chi connectivity index (χ0) is 21.6. The van der Waals surface area contributed by atoms with Gasteiger partial charge < -0.3 is 5.11 Å². The van der Waals surface area contributed by atoms with Crippen LogP contribution in [0.4, 0.5) is 11.4 Å². The van der Waals surface area contributed by atoms with Crippen molar-refractivity contribution in [2.75, 3.05) is 16.3 Å². The van der Waals surface area contributed by atoms with Gasteiger partial charge in [-0.3, -0.25) is 29.0 Å². The summed E-state index contributed by atoms with van der Waals surface area (Å²) in [4.78, 5) is 51.6. The number of hydrogen-bond donors (Lipinski definition) is 1. The number of nitrogens with zero attached hydrogens (tertiary/aromatic N) is 2. The van der Waals surface area contributed by atoms with Crippen LogP contribution in [0.15, 0.2) is 53.4 Å². The predicted molar refractivity (Wildman–Crippen MR) is 117 cm³/mol. The first kappa shape index (κ1) is 20.0. The Morgan fingerprint density at radius 2 is 1.70 bits per heavy atom. The molecule has 30 heavy (non-hydrogen) atoms. The number of Topliss-reactive ketones (excluding diaryl/α,β-unsaturated/α-hetero) is 1. The van der Waals surface area contributed by atoms with Crippen LogP contribution in [0.2, 0.25) is 0 Å². The highest BCUT2D eigenvalue weighted by molar-refractivity contribution is 8.27. The number of para-hydroxylation sites is 1. The minimum Gasteiger partial charge on any atom is -0.480 e. The van der Waals surface area contributed by atoms with E-state index >= 15 is 0 Å². The maximum absolute atomic E-state index is 13.2. The average molecular weight is 438 g/mol. The van der Waals surface area contributed by atoms with Crippen LogP contribution in [0.5, 0.6) is 0 Å². The van der Waals surface area contributed by atoms with E-state index < -0.39 is 24.3 Å². The Kier molecular flexibility index (Phi) is 5.00. The number of amides is 2. The lowest BCUT2D eigenvalue weighted by atomic mass is 10.1. The van der Waals surface area contributed by atoms with Crippen molar-refractivity contribution in [1.29, 1.82) is 0 Å². The van der Waals surface area contributed by atoms with Gasteiger partial charge in [0.1, 0.15) is 6.54 Å². The molecule has 0 bridgehead atoms. The number of ketones is 1. The molecule has 0 aliphatic carbocycles. The van der Waals surface area contributed by atoms with Gasteiger partial charge in [0.15, 0.2) is 10.1 Å². The van der Waals surface area contributed by atoms with E-state index in [1.165, 1.54) is 11.8 Å². The number of rotatable bonds is 4. The lowest BCUT2D eigenvalue weighted by molar-refractivity contribution is -0.136. The summed E-state index contributed by atoms with van der Waals surface area (Å²) in [6, 6.07) is 13.2. The number of aliphatic carboxylic acids is 1. The molecule has 2 heterocycles. The van der Waals surface area contributed by atoms with Crippen LogP contribution in [-0.4, -0.2) is 39.5 Å². The van der Waals surface area contributed by atoms with Crippen molar-refractivity contribution < 1.29 is 24.3 Å². The molecule has 1 saturated heterocycles. The van der Waals surface area contributed by atoms with E-state index in [0.29, 0.717) is 22.5 Å². The lowest BCUT2D eigenvalue weighted by Crippen LogP contribution is -2.32. The van der Waals surface area contributed by atoms with E-state index in [1.807, 2.05) is 0 Å². The van der Waals surface area contributed by atoms with Crippen LogP contribution in [0.1, 0.15) is 22.8 Å². The molecular formula is C21H14N2O5S2. The molecule has 0 radical (unpaired) electrons. The van der Waals surface area contributed by atoms with E-state index in [0.717, 1.165) is 16.7 Å². The number of carboxylic acids is 1. The Hall–Kier alpha value is -3.30. The number of thioether (sulfide) groups is 1. The Labute approximate surface area is 181 Å². The van der Waals surface area contributed by atoms with Gasteiger partial charge in [-0.2, -0.15) is 0 Å². The fourth-order valence-electron chi connectivity index (χ4n) is 3.38. The smallest absolute Gasteiger partial charge is 0.323 e. The van der Waals surface area contributed by atoms with Gasteiger partial charge in [0, 0.05) is 11.1 Å². The molecule has 2 aromatic carbocycles. The fraction of sp³-hybridized carbons (Fsp3) is 0.0952. The van der Waals surface area contributed by atoms with Gasteiger partial charge in [-0.1, -0.05) is 42.2 Å². The quantitative estimate of drug-likeness (QED) is 0.445. The first-order chi connectivity index (χ1) is 14.3. The van der Waals surface area contributed by atoms with Crippen molar-refractivity contribution in [1.82, 2.24) is 0 Å². The van der Waals surface area contributed by atoms with Gasteiger partial charge in [-0.25, -0.2) is 0 Å². The van der Waals surface area contributed by atoms with Crippen molar-refractivity contribution in [3.63, 3.8) is 0 Å². The number of anilines is 2. The Morgan fingerprint density at radius 3 is 2.33 bits per heavy atom. The normalized spacial score (nSPS) is 18.2. The molecule has 2 amide bonds. The van der Waals surface area contributed by atoms with Gasteiger partial charge in [-0.15, -0.1) is 0 Å². The molecule has 7 nitrogen and oxygen atoms in total. The predicted octanol–water partition coefficient (Wildman–Crippen LogP) is 3.10. The molecule has 150 valence electrons. The van der Waals surface area contributed by atoms with E-state index in [2.05, 4.69) is 0 Å². The summed E-state index contributed by atoms with van der Waals surface area (Å²) in [5, 5.41) is 9.18. The number of carboxylic acid groups (broad SMARTS) is 1. The summed E-state index contributed by atoms with van der Waals surface area (Å²) in [5.74, 6) is -2.26. The van der Waals surface area contributed by atoms with Crippen LogP contribution >= 0.6 is 24.0 Å². The molecule has 0 unspecified atom stereocenters. The molecule has 0 aromatic heterocycles. The second-order valence-electron chi connectivity index (χ2n) is 6.62. The van der Waals surface area contributed by atoms with Crippen LogP contribution in [0.25, 0.3) is 5.57 Å². The summed E-state index contributed by atoms with van der Waals surface area (Å²) < 4.78 is 0.250. The summed E-state index contributed by atoms with van der Waals surface area (Å²) in [6.45, 7) is 0.942.